The number of alkyl halides is 1. The monoisotopic (exact) mass is 281 g/mol. The molecule has 4 nitrogen and oxygen atoms in total. The third-order valence-corrected chi connectivity index (χ3v) is 3.28. The van der Waals surface area contributed by atoms with Gasteiger partial charge in [0.1, 0.15) is 11.5 Å². The highest BCUT2D eigenvalue weighted by Gasteiger charge is 2.21. The molecular formula is C14H16ClNO3. The minimum absolute atomic E-state index is 0.0113. The van der Waals surface area contributed by atoms with Crippen molar-refractivity contribution in [1.82, 2.24) is 4.90 Å². The number of hydrogen-bond acceptors (Lipinski definition) is 3. The summed E-state index contributed by atoms with van der Waals surface area (Å²) in [4.78, 5) is 14.0. The maximum atomic E-state index is 12.3. The fourth-order valence-electron chi connectivity index (χ4n) is 1.77. The Bertz CT molecular complexity index is 457. The van der Waals surface area contributed by atoms with E-state index in [1.807, 2.05) is 19.1 Å². The number of halogens is 1. The van der Waals surface area contributed by atoms with Gasteiger partial charge in [-0.1, -0.05) is 6.92 Å². The van der Waals surface area contributed by atoms with E-state index >= 15 is 0 Å². The Morgan fingerprint density at radius 3 is 2.11 bits per heavy atom. The molecular weight excluding hydrogens is 266 g/mol. The Morgan fingerprint density at radius 2 is 1.74 bits per heavy atom. The van der Waals surface area contributed by atoms with Crippen molar-refractivity contribution >= 4 is 17.5 Å². The van der Waals surface area contributed by atoms with E-state index in [9.17, 15) is 4.79 Å². The van der Waals surface area contributed by atoms with Crippen LogP contribution in [0.4, 0.5) is 0 Å². The maximum Gasteiger partial charge on any atom is 0.227 e. The van der Waals surface area contributed by atoms with Crippen LogP contribution in [0.15, 0.2) is 45.6 Å². The van der Waals surface area contributed by atoms with Gasteiger partial charge in [-0.25, -0.2) is 0 Å². The van der Waals surface area contributed by atoms with Crippen LogP contribution in [0.1, 0.15) is 18.4 Å². The molecule has 0 saturated carbocycles. The van der Waals surface area contributed by atoms with E-state index in [4.69, 9.17) is 20.4 Å². The van der Waals surface area contributed by atoms with Gasteiger partial charge in [-0.3, -0.25) is 4.79 Å². The quantitative estimate of drug-likeness (QED) is 0.764. The number of rotatable bonds is 6. The average Bonchev–Trinajstić information content (AvgIpc) is 3.09. The molecule has 5 heteroatoms. The zero-order chi connectivity index (χ0) is 13.7. The van der Waals surface area contributed by atoms with Crippen LogP contribution in [0.5, 0.6) is 0 Å². The molecule has 0 aliphatic heterocycles. The molecule has 102 valence electrons. The van der Waals surface area contributed by atoms with E-state index in [0.717, 1.165) is 11.5 Å². The minimum atomic E-state index is -0.230. The van der Waals surface area contributed by atoms with Crippen LogP contribution in [0, 0.1) is 5.92 Å². The molecule has 0 bridgehead atoms. The zero-order valence-electron chi connectivity index (χ0n) is 10.7. The van der Waals surface area contributed by atoms with Gasteiger partial charge >= 0.3 is 0 Å². The van der Waals surface area contributed by atoms with Crippen molar-refractivity contribution in [1.29, 1.82) is 0 Å². The van der Waals surface area contributed by atoms with E-state index in [1.165, 1.54) is 0 Å². The highest BCUT2D eigenvalue weighted by Crippen LogP contribution is 2.15. The van der Waals surface area contributed by atoms with Crippen molar-refractivity contribution in [3.05, 3.63) is 48.3 Å². The molecule has 0 N–H and O–H groups in total. The fourth-order valence-corrected chi connectivity index (χ4v) is 1.90. The predicted octanol–water partition coefficient (Wildman–Crippen LogP) is 3.28. The van der Waals surface area contributed by atoms with Crippen LogP contribution in [-0.4, -0.2) is 16.7 Å². The highest BCUT2D eigenvalue weighted by molar-refractivity contribution is 6.19. The molecule has 0 aliphatic carbocycles. The number of carbonyl (C=O) groups is 1. The first-order valence-electron chi connectivity index (χ1n) is 6.10. The molecule has 0 aliphatic rings. The lowest BCUT2D eigenvalue weighted by molar-refractivity contribution is -0.136. The summed E-state index contributed by atoms with van der Waals surface area (Å²) in [6.45, 7) is 2.63. The second-order valence-corrected chi connectivity index (χ2v) is 4.72. The molecule has 0 spiro atoms. The molecule has 2 aromatic heterocycles. The smallest absolute Gasteiger partial charge is 0.227 e. The maximum absolute atomic E-state index is 12.3. The van der Waals surface area contributed by atoms with Gasteiger partial charge in [-0.15, -0.1) is 11.6 Å². The standard InChI is InChI=1S/C14H16ClNO3/c1-11(8-15)14(17)16(9-12-4-2-6-18-12)10-13-5-3-7-19-13/h2-7,11H,8-10H2,1H3. The van der Waals surface area contributed by atoms with E-state index in [-0.39, 0.29) is 11.8 Å². The van der Waals surface area contributed by atoms with Crippen molar-refractivity contribution in [3.8, 4) is 0 Å². The molecule has 0 radical (unpaired) electrons. The molecule has 1 amide bonds. The first-order valence-corrected chi connectivity index (χ1v) is 6.63. The summed E-state index contributed by atoms with van der Waals surface area (Å²) >= 11 is 5.76. The third kappa shape index (κ3) is 3.64. The first kappa shape index (κ1) is 13.7. The molecule has 2 aromatic rings. The third-order valence-electron chi connectivity index (χ3n) is 2.82. The Kier molecular flexibility index (Phi) is 4.68. The lowest BCUT2D eigenvalue weighted by atomic mass is 10.1. The van der Waals surface area contributed by atoms with Crippen molar-refractivity contribution in [2.45, 2.75) is 20.0 Å². The van der Waals surface area contributed by atoms with Crippen molar-refractivity contribution < 1.29 is 13.6 Å². The van der Waals surface area contributed by atoms with Crippen LogP contribution in [0.3, 0.4) is 0 Å². The topological polar surface area (TPSA) is 46.6 Å². The number of carbonyl (C=O) groups excluding carboxylic acids is 1. The van der Waals surface area contributed by atoms with Gasteiger partial charge in [0.15, 0.2) is 0 Å². The van der Waals surface area contributed by atoms with Gasteiger partial charge in [-0.05, 0) is 24.3 Å². The lowest BCUT2D eigenvalue weighted by Crippen LogP contribution is -2.34. The van der Waals surface area contributed by atoms with E-state index in [0.29, 0.717) is 19.0 Å². The predicted molar refractivity (Wildman–Crippen MR) is 71.6 cm³/mol. The SMILES string of the molecule is CC(CCl)C(=O)N(Cc1ccco1)Cc1ccco1. The Balaban J connectivity index is 2.10. The van der Waals surface area contributed by atoms with Gasteiger partial charge < -0.3 is 13.7 Å². The second kappa shape index (κ2) is 6.48. The molecule has 0 aromatic carbocycles. The summed E-state index contributed by atoms with van der Waals surface area (Å²) in [5.41, 5.74) is 0. The van der Waals surface area contributed by atoms with Crippen molar-refractivity contribution in [2.75, 3.05) is 5.88 Å². The Hall–Kier alpha value is -1.68. The number of nitrogens with zero attached hydrogens (tertiary/aromatic N) is 1. The van der Waals surface area contributed by atoms with E-state index < -0.39 is 0 Å². The van der Waals surface area contributed by atoms with Gasteiger partial charge in [0, 0.05) is 11.8 Å². The molecule has 2 heterocycles. The molecule has 1 atom stereocenters. The highest BCUT2D eigenvalue weighted by atomic mass is 35.5. The van der Waals surface area contributed by atoms with Crippen molar-refractivity contribution in [2.24, 2.45) is 5.92 Å². The van der Waals surface area contributed by atoms with Gasteiger partial charge in [0.25, 0.3) is 0 Å². The average molecular weight is 282 g/mol. The van der Waals surface area contributed by atoms with Crippen LogP contribution >= 0.6 is 11.6 Å². The van der Waals surface area contributed by atoms with E-state index in [1.54, 1.807) is 29.6 Å². The summed E-state index contributed by atoms with van der Waals surface area (Å²) in [7, 11) is 0. The number of amides is 1. The molecule has 2 rings (SSSR count). The summed E-state index contributed by atoms with van der Waals surface area (Å²) in [6.07, 6.45) is 3.19. The van der Waals surface area contributed by atoms with Crippen molar-refractivity contribution in [3.63, 3.8) is 0 Å². The number of hydrogen-bond donors (Lipinski definition) is 0. The van der Waals surface area contributed by atoms with Gasteiger partial charge in [0.05, 0.1) is 25.6 Å². The summed E-state index contributed by atoms with van der Waals surface area (Å²) in [5.74, 6) is 1.53. The summed E-state index contributed by atoms with van der Waals surface area (Å²) in [6, 6.07) is 7.28. The Morgan fingerprint density at radius 1 is 1.21 bits per heavy atom. The largest absolute Gasteiger partial charge is 0.467 e. The summed E-state index contributed by atoms with van der Waals surface area (Å²) in [5, 5.41) is 0. The lowest BCUT2D eigenvalue weighted by Gasteiger charge is -2.23. The van der Waals surface area contributed by atoms with Gasteiger partial charge in [-0.2, -0.15) is 0 Å². The molecule has 19 heavy (non-hydrogen) atoms. The van der Waals surface area contributed by atoms with Crippen LogP contribution in [0.2, 0.25) is 0 Å². The van der Waals surface area contributed by atoms with Crippen LogP contribution in [-0.2, 0) is 17.9 Å². The van der Waals surface area contributed by atoms with Crippen LogP contribution < -0.4 is 0 Å². The second-order valence-electron chi connectivity index (χ2n) is 4.41. The summed E-state index contributed by atoms with van der Waals surface area (Å²) < 4.78 is 10.6. The van der Waals surface area contributed by atoms with Gasteiger partial charge in [0.2, 0.25) is 5.91 Å². The Labute approximate surface area is 116 Å². The normalized spacial score (nSPS) is 12.3. The molecule has 1 unspecified atom stereocenters. The van der Waals surface area contributed by atoms with Crippen LogP contribution in [0.25, 0.3) is 0 Å². The number of furan rings is 2. The molecule has 0 fully saturated rings. The first-order chi connectivity index (χ1) is 9.20. The minimum Gasteiger partial charge on any atom is -0.467 e. The zero-order valence-corrected chi connectivity index (χ0v) is 11.5. The van der Waals surface area contributed by atoms with E-state index in [2.05, 4.69) is 0 Å². The molecule has 0 saturated heterocycles. The fraction of sp³-hybridized carbons (Fsp3) is 0.357.